The number of nitrogens with two attached hydrogens (primary N) is 2. The summed E-state index contributed by atoms with van der Waals surface area (Å²) < 4.78 is 3.80. The first-order valence-electron chi connectivity index (χ1n) is 8.99. The number of β-lactam (4-membered cyclic amide) rings is 1. The predicted octanol–water partition coefficient (Wildman–Crippen LogP) is -0.751. The molecule has 2 aromatic rings. The Hall–Kier alpha value is -3.79. The Balaban J connectivity index is 1.52. The highest BCUT2D eigenvalue weighted by Crippen LogP contribution is 2.42. The smallest absolute Gasteiger partial charge is 0.353 e. The van der Waals surface area contributed by atoms with Gasteiger partial charge in [-0.05, 0) is 25.0 Å². The molecule has 0 aliphatic carbocycles. The van der Waals surface area contributed by atoms with Crippen molar-refractivity contribution in [3.8, 4) is 0 Å². The molecule has 1 fully saturated rings. The van der Waals surface area contributed by atoms with Gasteiger partial charge in [0.1, 0.15) is 22.6 Å². The average molecular weight is 477 g/mol. The van der Waals surface area contributed by atoms with Crippen LogP contribution in [0.25, 0.3) is 0 Å². The van der Waals surface area contributed by atoms with Gasteiger partial charge in [0, 0.05) is 16.4 Å². The second-order valence-electron chi connectivity index (χ2n) is 6.65. The Morgan fingerprint density at radius 1 is 1.31 bits per heavy atom. The number of carboxylic acids is 1. The molecule has 0 aromatic carbocycles. The van der Waals surface area contributed by atoms with Crippen molar-refractivity contribution in [3.05, 3.63) is 28.6 Å². The van der Waals surface area contributed by atoms with Crippen molar-refractivity contribution in [2.24, 2.45) is 5.16 Å². The van der Waals surface area contributed by atoms with Gasteiger partial charge in [-0.2, -0.15) is 9.36 Å². The third-order valence-electron chi connectivity index (χ3n) is 4.74. The molecule has 2 aromatic heterocycles. The molecule has 166 valence electrons. The fraction of sp³-hybridized carbons (Fsp3) is 0.250. The number of carbonyl (C=O) groups excluding carboxylic acids is 2. The van der Waals surface area contributed by atoms with Crippen LogP contribution in [0.15, 0.2) is 32.9 Å². The Kier molecular flexibility index (Phi) is 5.62. The highest BCUT2D eigenvalue weighted by Gasteiger charge is 2.54. The molecular formula is C16H15N9O5S2. The van der Waals surface area contributed by atoms with E-state index in [9.17, 15) is 24.7 Å². The summed E-state index contributed by atoms with van der Waals surface area (Å²) >= 11 is 1.89. The monoisotopic (exact) mass is 477 g/mol. The van der Waals surface area contributed by atoms with Gasteiger partial charge in [-0.15, -0.1) is 10.2 Å². The number of hydrogen-bond donors (Lipinski definition) is 5. The topological polar surface area (TPSA) is 223 Å². The number of thioether (sulfide) groups is 1. The van der Waals surface area contributed by atoms with Crippen LogP contribution in [-0.4, -0.2) is 70.3 Å². The molecule has 2 atom stereocenters. The van der Waals surface area contributed by atoms with Crippen LogP contribution >= 0.6 is 23.3 Å². The lowest BCUT2D eigenvalue weighted by molar-refractivity contribution is -0.155. The van der Waals surface area contributed by atoms with E-state index in [1.54, 1.807) is 6.07 Å². The number of aliphatic carboxylic acids is 1. The third-order valence-corrected chi connectivity index (χ3v) is 6.35. The summed E-state index contributed by atoms with van der Waals surface area (Å²) in [6, 6.07) is 1.56. The van der Waals surface area contributed by atoms with Crippen LogP contribution in [0.5, 0.6) is 0 Å². The molecule has 2 aliphatic heterocycles. The lowest BCUT2D eigenvalue weighted by Crippen LogP contribution is -2.72. The maximum absolute atomic E-state index is 12.7. The van der Waals surface area contributed by atoms with E-state index < -0.39 is 35.6 Å². The summed E-state index contributed by atoms with van der Waals surface area (Å²) in [4.78, 5) is 42.5. The minimum Gasteiger partial charge on any atom is -0.477 e. The van der Waals surface area contributed by atoms with Crippen LogP contribution in [0.4, 0.5) is 10.9 Å². The summed E-state index contributed by atoms with van der Waals surface area (Å²) in [5.74, 6) is -2.73. The predicted molar refractivity (Wildman–Crippen MR) is 111 cm³/mol. The number of rotatable bonds is 6. The maximum Gasteiger partial charge on any atom is 0.353 e. The Morgan fingerprint density at radius 2 is 2.09 bits per heavy atom. The molecule has 1 saturated heterocycles. The molecule has 7 N–H and O–H groups in total. The standard InChI is InChI=1S/C16H15N9O5S2/c17-7-3-4-8(22-21-7)31-6-2-1-5-9(14(27)25(5)11(6)15(28)29)19-13(26)10(23-30)12-20-16(18)32-24-12/h3-5,9,30H,1-2H2,(H2,17,21)(H,19,26)(H,28,29)(H2,18,20,24)/b23-10-/t5-,9+/m1/s1. The van der Waals surface area contributed by atoms with Crippen molar-refractivity contribution < 1.29 is 24.7 Å². The lowest BCUT2D eigenvalue weighted by atomic mass is 9.86. The van der Waals surface area contributed by atoms with Crippen molar-refractivity contribution >= 4 is 57.7 Å². The Bertz CT molecular complexity index is 1160. The normalized spacial score (nSPS) is 20.6. The number of aromatic nitrogens is 4. The molecule has 0 saturated carbocycles. The molecule has 0 unspecified atom stereocenters. The van der Waals surface area contributed by atoms with Crippen molar-refractivity contribution in [3.63, 3.8) is 0 Å². The molecule has 16 heteroatoms. The van der Waals surface area contributed by atoms with Gasteiger partial charge in [0.2, 0.25) is 11.5 Å². The average Bonchev–Trinajstić information content (AvgIpc) is 3.19. The van der Waals surface area contributed by atoms with Gasteiger partial charge in [-0.3, -0.25) is 14.5 Å². The zero-order valence-corrected chi connectivity index (χ0v) is 17.6. The lowest BCUT2D eigenvalue weighted by Gasteiger charge is -2.50. The van der Waals surface area contributed by atoms with Gasteiger partial charge in [0.15, 0.2) is 5.13 Å². The largest absolute Gasteiger partial charge is 0.477 e. The summed E-state index contributed by atoms with van der Waals surface area (Å²) in [7, 11) is 0. The van der Waals surface area contributed by atoms with Crippen molar-refractivity contribution in [1.82, 2.24) is 29.8 Å². The minimum absolute atomic E-state index is 0.0687. The second-order valence-corrected chi connectivity index (χ2v) is 8.54. The molecule has 14 nitrogen and oxygen atoms in total. The maximum atomic E-state index is 12.7. The molecule has 0 spiro atoms. The first-order valence-corrected chi connectivity index (χ1v) is 10.6. The number of carbonyl (C=O) groups is 3. The van der Waals surface area contributed by atoms with Gasteiger partial charge in [0.25, 0.3) is 11.8 Å². The summed E-state index contributed by atoms with van der Waals surface area (Å²) in [6.07, 6.45) is 0.732. The molecule has 0 bridgehead atoms. The van der Waals surface area contributed by atoms with Gasteiger partial charge >= 0.3 is 5.97 Å². The van der Waals surface area contributed by atoms with E-state index in [0.29, 0.717) is 22.8 Å². The van der Waals surface area contributed by atoms with Crippen LogP contribution in [0.1, 0.15) is 18.7 Å². The third kappa shape index (κ3) is 3.80. The zero-order chi connectivity index (χ0) is 23.0. The molecule has 4 rings (SSSR count). The van der Waals surface area contributed by atoms with E-state index in [4.69, 9.17) is 11.5 Å². The number of oxime groups is 1. The van der Waals surface area contributed by atoms with Crippen LogP contribution in [0.2, 0.25) is 0 Å². The number of nitrogen functional groups attached to an aromatic ring is 2. The Morgan fingerprint density at radius 3 is 2.69 bits per heavy atom. The molecule has 2 aliphatic rings. The molecule has 32 heavy (non-hydrogen) atoms. The first kappa shape index (κ1) is 21.4. The van der Waals surface area contributed by atoms with Crippen LogP contribution in [-0.2, 0) is 14.4 Å². The van der Waals surface area contributed by atoms with Gasteiger partial charge in [0.05, 0.1) is 6.04 Å². The number of hydrogen-bond acceptors (Lipinski definition) is 13. The number of allylic oxidation sites excluding steroid dienone is 1. The fourth-order valence-electron chi connectivity index (χ4n) is 3.37. The highest BCUT2D eigenvalue weighted by atomic mass is 32.2. The van der Waals surface area contributed by atoms with E-state index >= 15 is 0 Å². The van der Waals surface area contributed by atoms with Gasteiger partial charge in [-0.1, -0.05) is 16.9 Å². The van der Waals surface area contributed by atoms with E-state index in [0.717, 1.165) is 28.2 Å². The zero-order valence-electron chi connectivity index (χ0n) is 16.0. The molecule has 2 amide bonds. The van der Waals surface area contributed by atoms with Crippen molar-refractivity contribution in [2.75, 3.05) is 11.5 Å². The van der Waals surface area contributed by atoms with E-state index in [-0.39, 0.29) is 22.5 Å². The molecular weight excluding hydrogens is 462 g/mol. The second kappa shape index (κ2) is 8.39. The quantitative estimate of drug-likeness (QED) is 0.150. The van der Waals surface area contributed by atoms with E-state index in [1.165, 1.54) is 6.07 Å². The van der Waals surface area contributed by atoms with E-state index in [2.05, 4.69) is 30.0 Å². The molecule has 0 radical (unpaired) electrons. The van der Waals surface area contributed by atoms with Crippen molar-refractivity contribution in [1.29, 1.82) is 0 Å². The van der Waals surface area contributed by atoms with Crippen LogP contribution in [0, 0.1) is 0 Å². The first-order chi connectivity index (χ1) is 15.3. The van der Waals surface area contributed by atoms with Crippen molar-refractivity contribution in [2.45, 2.75) is 30.0 Å². The number of nitrogens with one attached hydrogen (secondary N) is 1. The SMILES string of the molecule is Nc1ccc(SC2=C(C(=O)O)N3C(=O)[C@@H](NC(=O)/C(=N\O)c4nsc(N)n4)[C@H]3CC2)nn1. The highest BCUT2D eigenvalue weighted by molar-refractivity contribution is 8.03. The minimum atomic E-state index is -1.28. The Labute approximate surface area is 187 Å². The summed E-state index contributed by atoms with van der Waals surface area (Å²) in [5, 5.41) is 32.4. The number of nitrogens with zero attached hydrogens (tertiary/aromatic N) is 6. The summed E-state index contributed by atoms with van der Waals surface area (Å²) in [6.45, 7) is 0. The van der Waals surface area contributed by atoms with Gasteiger partial charge < -0.3 is 27.1 Å². The van der Waals surface area contributed by atoms with Crippen LogP contribution in [0.3, 0.4) is 0 Å². The van der Waals surface area contributed by atoms with Crippen LogP contribution < -0.4 is 16.8 Å². The number of amides is 2. The summed E-state index contributed by atoms with van der Waals surface area (Å²) in [5.41, 5.74) is 10.3. The van der Waals surface area contributed by atoms with Gasteiger partial charge in [-0.25, -0.2) is 4.79 Å². The number of anilines is 2. The number of carboxylic acid groups (broad SMARTS) is 1. The number of fused-ring (bicyclic) bond motifs is 1. The van der Waals surface area contributed by atoms with E-state index in [1.807, 2.05) is 0 Å². The fourth-order valence-corrected chi connectivity index (χ4v) is 4.78. The molecule has 4 heterocycles.